The molecule has 20 heavy (non-hydrogen) atoms. The quantitative estimate of drug-likeness (QED) is 0.564. The van der Waals surface area contributed by atoms with Gasteiger partial charge in [0.25, 0.3) is 0 Å². The topological polar surface area (TPSA) is 50.9 Å². The van der Waals surface area contributed by atoms with Crippen molar-refractivity contribution in [1.82, 2.24) is 10.4 Å². The molecule has 3 rings (SSSR count). The number of aryl methyl sites for hydroxylation is 1. The van der Waals surface area contributed by atoms with Crippen LogP contribution in [0.5, 0.6) is 0 Å². The van der Waals surface area contributed by atoms with Crippen molar-refractivity contribution in [3.05, 3.63) is 77.5 Å². The molecule has 0 spiro atoms. The minimum absolute atomic E-state index is 0.0616. The van der Waals surface area contributed by atoms with Gasteiger partial charge in [0.05, 0.1) is 11.6 Å². The molecule has 0 fully saturated rings. The smallest absolute Gasteiger partial charge is 0.0753 e. The Bertz CT molecular complexity index is 732. The largest absolute Gasteiger partial charge is 0.271 e. The summed E-state index contributed by atoms with van der Waals surface area (Å²) in [5.74, 6) is 5.80. The number of hydrogen-bond acceptors (Lipinski definition) is 3. The Morgan fingerprint density at radius 2 is 1.85 bits per heavy atom. The summed E-state index contributed by atoms with van der Waals surface area (Å²) < 4.78 is 0. The van der Waals surface area contributed by atoms with Crippen LogP contribution in [0.25, 0.3) is 10.9 Å². The number of hydrazine groups is 1. The highest BCUT2D eigenvalue weighted by molar-refractivity contribution is 5.82. The highest BCUT2D eigenvalue weighted by Crippen LogP contribution is 2.27. The Balaban J connectivity index is 2.17. The van der Waals surface area contributed by atoms with Gasteiger partial charge >= 0.3 is 0 Å². The third-order valence-electron chi connectivity index (χ3n) is 3.52. The predicted molar refractivity (Wildman–Crippen MR) is 82.1 cm³/mol. The molecule has 3 aromatic rings. The summed E-state index contributed by atoms with van der Waals surface area (Å²) in [7, 11) is 0. The minimum atomic E-state index is -0.0616. The van der Waals surface area contributed by atoms with Gasteiger partial charge in [-0.2, -0.15) is 0 Å². The lowest BCUT2D eigenvalue weighted by Crippen LogP contribution is -2.29. The molecule has 0 saturated heterocycles. The van der Waals surface area contributed by atoms with Crippen molar-refractivity contribution in [2.45, 2.75) is 13.0 Å². The third-order valence-corrected chi connectivity index (χ3v) is 3.52. The first kappa shape index (κ1) is 12.8. The first-order valence-corrected chi connectivity index (χ1v) is 6.66. The summed E-state index contributed by atoms with van der Waals surface area (Å²) >= 11 is 0. The van der Waals surface area contributed by atoms with Crippen LogP contribution in [-0.2, 0) is 0 Å². The van der Waals surface area contributed by atoms with Crippen LogP contribution in [0.2, 0.25) is 0 Å². The van der Waals surface area contributed by atoms with E-state index in [0.29, 0.717) is 0 Å². The molecule has 0 aliphatic heterocycles. The van der Waals surface area contributed by atoms with Crippen LogP contribution in [0, 0.1) is 6.92 Å². The van der Waals surface area contributed by atoms with Gasteiger partial charge in [-0.3, -0.25) is 10.8 Å². The number of fused-ring (bicyclic) bond motifs is 1. The van der Waals surface area contributed by atoms with Crippen molar-refractivity contribution in [2.24, 2.45) is 5.84 Å². The number of benzene rings is 2. The zero-order chi connectivity index (χ0) is 13.9. The number of nitrogens with two attached hydrogens (primary N) is 1. The second-order valence-electron chi connectivity index (χ2n) is 4.94. The molecule has 1 atom stereocenters. The van der Waals surface area contributed by atoms with Crippen molar-refractivity contribution in [2.75, 3.05) is 0 Å². The predicted octanol–water partition coefficient (Wildman–Crippen LogP) is 3.10. The molecule has 0 aliphatic carbocycles. The van der Waals surface area contributed by atoms with Crippen molar-refractivity contribution >= 4 is 10.9 Å². The molecule has 100 valence electrons. The molecular formula is C17H17N3. The number of para-hydroxylation sites is 1. The summed E-state index contributed by atoms with van der Waals surface area (Å²) in [5.41, 5.74) is 7.36. The van der Waals surface area contributed by atoms with Crippen LogP contribution in [-0.4, -0.2) is 4.98 Å². The normalized spacial score (nSPS) is 12.5. The average molecular weight is 263 g/mol. The average Bonchev–Trinajstić information content (AvgIpc) is 2.48. The van der Waals surface area contributed by atoms with Gasteiger partial charge in [-0.05, 0) is 18.6 Å². The zero-order valence-corrected chi connectivity index (χ0v) is 11.4. The molecule has 0 saturated carbocycles. The Morgan fingerprint density at radius 1 is 1.05 bits per heavy atom. The van der Waals surface area contributed by atoms with Gasteiger partial charge in [-0.25, -0.2) is 5.43 Å². The van der Waals surface area contributed by atoms with Crippen LogP contribution >= 0.6 is 0 Å². The standard InChI is InChI=1S/C17H17N3/c1-12-5-2-7-14(11-12)17(20-18)15-9-3-6-13-8-4-10-19-16(13)15/h2-11,17,20H,18H2,1H3. The fraction of sp³-hybridized carbons (Fsp3) is 0.118. The van der Waals surface area contributed by atoms with E-state index in [-0.39, 0.29) is 6.04 Å². The maximum absolute atomic E-state index is 5.80. The number of nitrogens with zero attached hydrogens (tertiary/aromatic N) is 1. The highest BCUT2D eigenvalue weighted by Gasteiger charge is 2.15. The summed E-state index contributed by atoms with van der Waals surface area (Å²) in [6.07, 6.45) is 1.82. The van der Waals surface area contributed by atoms with Crippen LogP contribution < -0.4 is 11.3 Å². The van der Waals surface area contributed by atoms with Crippen LogP contribution in [0.4, 0.5) is 0 Å². The maximum atomic E-state index is 5.80. The van der Waals surface area contributed by atoms with Gasteiger partial charge in [0, 0.05) is 17.1 Å². The summed E-state index contributed by atoms with van der Waals surface area (Å²) in [6.45, 7) is 2.08. The Morgan fingerprint density at radius 3 is 2.65 bits per heavy atom. The lowest BCUT2D eigenvalue weighted by molar-refractivity contribution is 0.639. The molecule has 0 radical (unpaired) electrons. The Labute approximate surface area is 118 Å². The van der Waals surface area contributed by atoms with E-state index in [1.807, 2.05) is 24.4 Å². The van der Waals surface area contributed by atoms with E-state index in [1.165, 1.54) is 5.56 Å². The molecule has 0 aliphatic rings. The first-order valence-electron chi connectivity index (χ1n) is 6.66. The molecule has 0 amide bonds. The van der Waals surface area contributed by atoms with E-state index in [1.54, 1.807) is 0 Å². The minimum Gasteiger partial charge on any atom is -0.271 e. The van der Waals surface area contributed by atoms with E-state index in [0.717, 1.165) is 22.0 Å². The van der Waals surface area contributed by atoms with Crippen LogP contribution in [0.3, 0.4) is 0 Å². The highest BCUT2D eigenvalue weighted by atomic mass is 15.2. The monoisotopic (exact) mass is 263 g/mol. The lowest BCUT2D eigenvalue weighted by atomic mass is 9.96. The molecule has 3 N–H and O–H groups in total. The molecule has 2 aromatic carbocycles. The van der Waals surface area contributed by atoms with Gasteiger partial charge in [-0.15, -0.1) is 0 Å². The third kappa shape index (κ3) is 2.29. The SMILES string of the molecule is Cc1cccc(C(NN)c2cccc3cccnc23)c1. The second kappa shape index (κ2) is 5.41. The number of nitrogens with one attached hydrogen (secondary N) is 1. The molecule has 1 aromatic heterocycles. The summed E-state index contributed by atoms with van der Waals surface area (Å²) in [5, 5.41) is 1.12. The zero-order valence-electron chi connectivity index (χ0n) is 11.4. The summed E-state index contributed by atoms with van der Waals surface area (Å²) in [6, 6.07) is 18.5. The van der Waals surface area contributed by atoms with Crippen LogP contribution in [0.1, 0.15) is 22.7 Å². The molecule has 1 unspecified atom stereocenters. The molecule has 3 heteroatoms. The van der Waals surface area contributed by atoms with Crippen molar-refractivity contribution in [3.8, 4) is 0 Å². The van der Waals surface area contributed by atoms with Gasteiger partial charge in [0.15, 0.2) is 0 Å². The van der Waals surface area contributed by atoms with E-state index in [4.69, 9.17) is 5.84 Å². The summed E-state index contributed by atoms with van der Waals surface area (Å²) in [4.78, 5) is 4.50. The number of pyridine rings is 1. The van der Waals surface area contributed by atoms with Crippen molar-refractivity contribution in [1.29, 1.82) is 0 Å². The number of hydrogen-bond donors (Lipinski definition) is 2. The number of aromatic nitrogens is 1. The van der Waals surface area contributed by atoms with Crippen molar-refractivity contribution < 1.29 is 0 Å². The van der Waals surface area contributed by atoms with Gasteiger partial charge < -0.3 is 0 Å². The van der Waals surface area contributed by atoms with Crippen LogP contribution in [0.15, 0.2) is 60.8 Å². The van der Waals surface area contributed by atoms with Gasteiger partial charge in [0.1, 0.15) is 0 Å². The first-order chi connectivity index (χ1) is 9.79. The van der Waals surface area contributed by atoms with Gasteiger partial charge in [-0.1, -0.05) is 54.1 Å². The second-order valence-corrected chi connectivity index (χ2v) is 4.94. The lowest BCUT2D eigenvalue weighted by Gasteiger charge is -2.18. The van der Waals surface area contributed by atoms with Gasteiger partial charge in [0.2, 0.25) is 0 Å². The Kier molecular flexibility index (Phi) is 3.46. The van der Waals surface area contributed by atoms with E-state index >= 15 is 0 Å². The molecule has 0 bridgehead atoms. The van der Waals surface area contributed by atoms with Crippen molar-refractivity contribution in [3.63, 3.8) is 0 Å². The maximum Gasteiger partial charge on any atom is 0.0753 e. The van der Waals surface area contributed by atoms with E-state index in [2.05, 4.69) is 53.7 Å². The fourth-order valence-corrected chi connectivity index (χ4v) is 2.58. The molecule has 3 nitrogen and oxygen atoms in total. The Hall–Kier alpha value is -2.23. The van der Waals surface area contributed by atoms with E-state index < -0.39 is 0 Å². The molecular weight excluding hydrogens is 246 g/mol. The fourth-order valence-electron chi connectivity index (χ4n) is 2.58. The number of rotatable bonds is 3. The van der Waals surface area contributed by atoms with E-state index in [9.17, 15) is 0 Å². The molecule has 1 heterocycles.